The monoisotopic (exact) mass is 938 g/mol. The van der Waals surface area contributed by atoms with Gasteiger partial charge in [-0.2, -0.15) is 0 Å². The number of thiazole rings is 2. The lowest BCUT2D eigenvalue weighted by molar-refractivity contribution is -0.134. The standard InChI is InChI=1S/C54H50N8O4S2/c1-3-31-61(53(65)49(41-15-7-5-8-16-41)59-51(63)43-19-11-13-29-55-43)35-47-57-33-45(67-47)39-25-21-37(22-26-39)38-23-27-40(28-24-38)46-34-58-48(68-46)36-62(32-4-2)54(66)50(42-17-9-6-10-18-42)60-52(64)44-20-12-14-30-56-44/h5-30,33-34,49-50H,3-4,31-32,35-36H2,1-2H3,(H,59,63)(H,60,64). The Hall–Kier alpha value is -7.68. The summed E-state index contributed by atoms with van der Waals surface area (Å²) in [5.74, 6) is -1.27. The Labute approximate surface area is 403 Å². The van der Waals surface area contributed by atoms with E-state index in [-0.39, 0.29) is 23.2 Å². The predicted molar refractivity (Wildman–Crippen MR) is 267 cm³/mol. The molecule has 2 N–H and O–H groups in total. The molecule has 0 saturated carbocycles. The average molecular weight is 939 g/mol. The zero-order chi connectivity index (χ0) is 47.2. The number of aromatic nitrogens is 4. The predicted octanol–water partition coefficient (Wildman–Crippen LogP) is 10.2. The minimum Gasteiger partial charge on any atom is -0.335 e. The molecule has 0 fully saturated rings. The maximum absolute atomic E-state index is 14.2. The van der Waals surface area contributed by atoms with E-state index in [9.17, 15) is 19.2 Å². The van der Waals surface area contributed by atoms with E-state index in [1.165, 1.54) is 0 Å². The van der Waals surface area contributed by atoms with Gasteiger partial charge in [-0.05, 0) is 70.5 Å². The number of hydrogen-bond acceptors (Lipinski definition) is 10. The Morgan fingerprint density at radius 1 is 0.471 bits per heavy atom. The van der Waals surface area contributed by atoms with Crippen LogP contribution in [0.25, 0.3) is 32.0 Å². The van der Waals surface area contributed by atoms with Crippen LogP contribution in [0, 0.1) is 0 Å². The van der Waals surface area contributed by atoms with Crippen molar-refractivity contribution >= 4 is 46.3 Å². The third-order valence-electron chi connectivity index (χ3n) is 11.1. The lowest BCUT2D eigenvalue weighted by atomic mass is 10.0. The smallest absolute Gasteiger partial charge is 0.270 e. The molecule has 12 nitrogen and oxygen atoms in total. The van der Waals surface area contributed by atoms with Gasteiger partial charge in [0.05, 0.1) is 22.8 Å². The Kier molecular flexibility index (Phi) is 15.6. The van der Waals surface area contributed by atoms with E-state index >= 15 is 0 Å². The highest BCUT2D eigenvalue weighted by molar-refractivity contribution is 7.15. The lowest BCUT2D eigenvalue weighted by Crippen LogP contribution is -2.43. The van der Waals surface area contributed by atoms with E-state index in [1.807, 2.05) is 86.9 Å². The van der Waals surface area contributed by atoms with Gasteiger partial charge in [0.2, 0.25) is 11.8 Å². The summed E-state index contributed by atoms with van der Waals surface area (Å²) < 4.78 is 0. The third kappa shape index (κ3) is 11.6. The fourth-order valence-electron chi connectivity index (χ4n) is 7.72. The highest BCUT2D eigenvalue weighted by Gasteiger charge is 2.30. The van der Waals surface area contributed by atoms with Gasteiger partial charge in [-0.15, -0.1) is 22.7 Å². The van der Waals surface area contributed by atoms with Gasteiger partial charge in [0.1, 0.15) is 33.5 Å². The van der Waals surface area contributed by atoms with Crippen LogP contribution >= 0.6 is 22.7 Å². The summed E-state index contributed by atoms with van der Waals surface area (Å²) in [5, 5.41) is 7.45. The molecule has 0 spiro atoms. The number of carbonyl (C=O) groups is 4. The van der Waals surface area contributed by atoms with Gasteiger partial charge >= 0.3 is 0 Å². The second-order valence-electron chi connectivity index (χ2n) is 16.0. The SMILES string of the molecule is CCCN(Cc1ncc(-c2ccc(-c3ccc(-c4cnc(CN(CCC)C(=O)C(NC(=O)c5ccccn5)c5ccccc5)s4)cc3)cc2)s1)C(=O)C(NC(=O)c1ccccn1)c1ccccc1. The van der Waals surface area contributed by atoms with Crippen molar-refractivity contribution < 1.29 is 19.2 Å². The summed E-state index contributed by atoms with van der Waals surface area (Å²) in [7, 11) is 0. The second kappa shape index (κ2) is 22.7. The summed E-state index contributed by atoms with van der Waals surface area (Å²) >= 11 is 3.08. The van der Waals surface area contributed by atoms with Gasteiger partial charge in [0, 0.05) is 37.9 Å². The zero-order valence-corrected chi connectivity index (χ0v) is 39.3. The summed E-state index contributed by atoms with van der Waals surface area (Å²) in [5.41, 5.74) is 6.02. The van der Waals surface area contributed by atoms with Crippen molar-refractivity contribution in [1.82, 2.24) is 40.4 Å². The van der Waals surface area contributed by atoms with Crippen LogP contribution in [0.5, 0.6) is 0 Å². The zero-order valence-electron chi connectivity index (χ0n) is 37.7. The molecule has 0 aliphatic heterocycles. The first-order valence-electron chi connectivity index (χ1n) is 22.5. The van der Waals surface area contributed by atoms with Gasteiger partial charge in [0.25, 0.3) is 11.8 Å². The van der Waals surface area contributed by atoms with Crippen LogP contribution in [0.1, 0.15) is 80.9 Å². The number of nitrogens with zero attached hydrogens (tertiary/aromatic N) is 6. The molecule has 342 valence electrons. The van der Waals surface area contributed by atoms with Crippen molar-refractivity contribution in [2.45, 2.75) is 51.9 Å². The summed E-state index contributed by atoms with van der Waals surface area (Å²) in [6.45, 7) is 5.66. The molecule has 8 rings (SSSR count). The van der Waals surface area contributed by atoms with Gasteiger partial charge in [-0.3, -0.25) is 29.1 Å². The molecule has 0 radical (unpaired) electrons. The Morgan fingerprint density at radius 2 is 0.838 bits per heavy atom. The highest BCUT2D eigenvalue weighted by Crippen LogP contribution is 2.33. The van der Waals surface area contributed by atoms with Crippen molar-refractivity contribution in [3.05, 3.63) is 203 Å². The minimum absolute atomic E-state index is 0.214. The van der Waals surface area contributed by atoms with Crippen LogP contribution in [0.3, 0.4) is 0 Å². The van der Waals surface area contributed by atoms with Gasteiger partial charge in [-0.1, -0.05) is 135 Å². The first-order valence-corrected chi connectivity index (χ1v) is 24.1. The molecule has 0 bridgehead atoms. The Balaban J connectivity index is 0.912. The van der Waals surface area contributed by atoms with E-state index in [1.54, 1.807) is 81.3 Å². The molecule has 4 amide bonds. The van der Waals surface area contributed by atoms with Crippen LogP contribution in [0.2, 0.25) is 0 Å². The van der Waals surface area contributed by atoms with E-state index in [0.29, 0.717) is 37.3 Å². The molecule has 0 aliphatic carbocycles. The topological polar surface area (TPSA) is 150 Å². The van der Waals surface area contributed by atoms with Crippen LogP contribution in [-0.2, 0) is 22.7 Å². The average Bonchev–Trinajstić information content (AvgIpc) is 4.08. The van der Waals surface area contributed by atoms with Crippen molar-refractivity contribution in [3.63, 3.8) is 0 Å². The van der Waals surface area contributed by atoms with E-state index in [0.717, 1.165) is 54.9 Å². The largest absolute Gasteiger partial charge is 0.335 e. The minimum atomic E-state index is -0.892. The molecule has 14 heteroatoms. The molecule has 4 aromatic carbocycles. The molecule has 4 aromatic heterocycles. The van der Waals surface area contributed by atoms with Crippen LogP contribution < -0.4 is 10.6 Å². The Bertz CT molecular complexity index is 2710. The molecule has 8 aromatic rings. The van der Waals surface area contributed by atoms with Gasteiger partial charge in [-0.25, -0.2) is 9.97 Å². The summed E-state index contributed by atoms with van der Waals surface area (Å²) in [6.07, 6.45) is 8.28. The van der Waals surface area contributed by atoms with Crippen molar-refractivity contribution in [2.24, 2.45) is 0 Å². The molecule has 2 unspecified atom stereocenters. The number of nitrogens with one attached hydrogen (secondary N) is 2. The van der Waals surface area contributed by atoms with Gasteiger partial charge < -0.3 is 20.4 Å². The van der Waals surface area contributed by atoms with Crippen LogP contribution in [0.4, 0.5) is 0 Å². The summed E-state index contributed by atoms with van der Waals surface area (Å²) in [4.78, 5) is 78.1. The van der Waals surface area contributed by atoms with Crippen LogP contribution in [-0.4, -0.2) is 66.5 Å². The molecule has 68 heavy (non-hydrogen) atoms. The maximum atomic E-state index is 14.2. The summed E-state index contributed by atoms with van der Waals surface area (Å²) in [6, 6.07) is 43.7. The first kappa shape index (κ1) is 46.8. The van der Waals surface area contributed by atoms with E-state index in [4.69, 9.17) is 9.97 Å². The van der Waals surface area contributed by atoms with Gasteiger partial charge in [0.15, 0.2) is 0 Å². The van der Waals surface area contributed by atoms with Crippen LogP contribution in [0.15, 0.2) is 170 Å². The first-order chi connectivity index (χ1) is 33.3. The number of pyridine rings is 2. The number of benzene rings is 4. The maximum Gasteiger partial charge on any atom is 0.270 e. The quantitative estimate of drug-likeness (QED) is 0.0814. The van der Waals surface area contributed by atoms with Crippen molar-refractivity contribution in [2.75, 3.05) is 13.1 Å². The van der Waals surface area contributed by atoms with Crippen molar-refractivity contribution in [3.8, 4) is 32.0 Å². The lowest BCUT2D eigenvalue weighted by Gasteiger charge is -2.27. The molecular weight excluding hydrogens is 889 g/mol. The normalized spacial score (nSPS) is 11.9. The fourth-order valence-corrected chi connectivity index (χ4v) is 9.60. The van der Waals surface area contributed by atoms with Crippen molar-refractivity contribution in [1.29, 1.82) is 0 Å². The molecule has 2 atom stereocenters. The highest BCUT2D eigenvalue weighted by atomic mass is 32.1. The second-order valence-corrected chi connectivity index (χ2v) is 18.2. The number of amides is 4. The fraction of sp³-hybridized carbons (Fsp3) is 0.185. The number of hydrogen-bond donors (Lipinski definition) is 2. The molecule has 4 heterocycles. The third-order valence-corrected chi connectivity index (χ3v) is 13.2. The molecule has 0 aliphatic rings. The van der Waals surface area contributed by atoms with E-state index < -0.39 is 23.9 Å². The number of carbonyl (C=O) groups excluding carboxylic acids is 4. The Morgan fingerprint density at radius 3 is 1.19 bits per heavy atom. The molecule has 0 saturated heterocycles. The van der Waals surface area contributed by atoms with E-state index in [2.05, 4.69) is 69.1 Å². The number of rotatable bonds is 19. The molecular formula is C54H50N8O4S2.